The van der Waals surface area contributed by atoms with Gasteiger partial charge in [0.25, 0.3) is 0 Å². The van der Waals surface area contributed by atoms with Gasteiger partial charge in [-0.3, -0.25) is 4.79 Å². The summed E-state index contributed by atoms with van der Waals surface area (Å²) in [5.41, 5.74) is 1.34. The third-order valence-corrected chi connectivity index (χ3v) is 5.03. The molecule has 3 rings (SSSR count). The molecule has 1 saturated heterocycles. The van der Waals surface area contributed by atoms with Crippen LogP contribution in [0.2, 0.25) is 0 Å². The molecule has 1 amide bonds. The number of carbonyl (C=O) groups excluding carboxylic acids is 1. The summed E-state index contributed by atoms with van der Waals surface area (Å²) in [5, 5.41) is 2.96. The first-order valence-electron chi connectivity index (χ1n) is 9.36. The van der Waals surface area contributed by atoms with Gasteiger partial charge < -0.3 is 10.2 Å². The summed E-state index contributed by atoms with van der Waals surface area (Å²) in [7, 11) is 0. The van der Waals surface area contributed by atoms with E-state index in [1.165, 1.54) is 5.56 Å². The minimum atomic E-state index is -4.49. The van der Waals surface area contributed by atoms with Crippen molar-refractivity contribution in [3.05, 3.63) is 53.5 Å². The highest BCUT2D eigenvalue weighted by Gasteiger charge is 2.34. The van der Waals surface area contributed by atoms with E-state index in [4.69, 9.17) is 0 Å². The SMILES string of the molecule is CCc1ccc(CNC(=O)C2CCN(c3cc(C(F)(F)F)ncn3)CC2)cc1. The number of rotatable bonds is 5. The van der Waals surface area contributed by atoms with Gasteiger partial charge in [-0.05, 0) is 30.4 Å². The standard InChI is InChI=1S/C20H23F3N4O/c1-2-14-3-5-15(6-4-14)12-24-19(28)16-7-9-27(10-8-16)18-11-17(20(21,22)23)25-13-26-18/h3-6,11,13,16H,2,7-10,12H2,1H3,(H,24,28). The molecule has 150 valence electrons. The highest BCUT2D eigenvalue weighted by Crippen LogP contribution is 2.30. The lowest BCUT2D eigenvalue weighted by Crippen LogP contribution is -2.40. The maximum atomic E-state index is 12.8. The number of hydrogen-bond donors (Lipinski definition) is 1. The van der Waals surface area contributed by atoms with Gasteiger partial charge in [0.2, 0.25) is 5.91 Å². The number of halogens is 3. The average molecular weight is 392 g/mol. The van der Waals surface area contributed by atoms with E-state index in [9.17, 15) is 18.0 Å². The van der Waals surface area contributed by atoms with E-state index in [2.05, 4.69) is 34.3 Å². The second-order valence-electron chi connectivity index (χ2n) is 6.91. The minimum absolute atomic E-state index is 0.0158. The van der Waals surface area contributed by atoms with Gasteiger partial charge in [0.05, 0.1) is 0 Å². The molecule has 8 heteroatoms. The molecule has 2 aromatic rings. The van der Waals surface area contributed by atoms with Crippen LogP contribution in [-0.4, -0.2) is 29.0 Å². The van der Waals surface area contributed by atoms with Gasteiger partial charge in [0.15, 0.2) is 0 Å². The molecule has 1 aliphatic rings. The van der Waals surface area contributed by atoms with E-state index in [-0.39, 0.29) is 17.6 Å². The number of carbonyl (C=O) groups is 1. The van der Waals surface area contributed by atoms with E-state index in [1.54, 1.807) is 4.90 Å². The molecule has 1 N–H and O–H groups in total. The summed E-state index contributed by atoms with van der Waals surface area (Å²) >= 11 is 0. The molecule has 1 aromatic heterocycles. The fourth-order valence-corrected chi connectivity index (χ4v) is 3.27. The van der Waals surface area contributed by atoms with Crippen LogP contribution in [0.3, 0.4) is 0 Å². The first kappa shape index (κ1) is 20.1. The van der Waals surface area contributed by atoms with Crippen molar-refractivity contribution in [1.82, 2.24) is 15.3 Å². The number of aryl methyl sites for hydroxylation is 1. The molecule has 1 fully saturated rings. The Labute approximate surface area is 162 Å². The predicted octanol–water partition coefficient (Wildman–Crippen LogP) is 3.59. The quantitative estimate of drug-likeness (QED) is 0.845. The number of anilines is 1. The fraction of sp³-hybridized carbons (Fsp3) is 0.450. The summed E-state index contributed by atoms with van der Waals surface area (Å²) in [4.78, 5) is 21.4. The number of nitrogens with one attached hydrogen (secondary N) is 1. The molecule has 0 bridgehead atoms. The Morgan fingerprint density at radius 1 is 1.14 bits per heavy atom. The fourth-order valence-electron chi connectivity index (χ4n) is 3.27. The Morgan fingerprint density at radius 2 is 1.79 bits per heavy atom. The molecule has 5 nitrogen and oxygen atoms in total. The molecule has 2 heterocycles. The summed E-state index contributed by atoms with van der Waals surface area (Å²) in [6, 6.07) is 9.08. The van der Waals surface area contributed by atoms with Gasteiger partial charge in [0.1, 0.15) is 17.8 Å². The van der Waals surface area contributed by atoms with Crippen LogP contribution in [0.25, 0.3) is 0 Å². The van der Waals surface area contributed by atoms with E-state index in [0.717, 1.165) is 24.4 Å². The molecule has 0 unspecified atom stereocenters. The van der Waals surface area contributed by atoms with Gasteiger partial charge in [-0.1, -0.05) is 31.2 Å². The van der Waals surface area contributed by atoms with Crippen molar-refractivity contribution in [3.8, 4) is 0 Å². The Bertz CT molecular complexity index is 800. The lowest BCUT2D eigenvalue weighted by atomic mass is 9.95. The second kappa shape index (κ2) is 8.58. The Morgan fingerprint density at radius 3 is 2.39 bits per heavy atom. The second-order valence-corrected chi connectivity index (χ2v) is 6.91. The Kier molecular flexibility index (Phi) is 6.16. The van der Waals surface area contributed by atoms with E-state index >= 15 is 0 Å². The van der Waals surface area contributed by atoms with Crippen molar-refractivity contribution in [1.29, 1.82) is 0 Å². The highest BCUT2D eigenvalue weighted by atomic mass is 19.4. The van der Waals surface area contributed by atoms with Crippen molar-refractivity contribution in [2.24, 2.45) is 5.92 Å². The van der Waals surface area contributed by atoms with Crippen LogP contribution >= 0.6 is 0 Å². The molecule has 28 heavy (non-hydrogen) atoms. The number of aromatic nitrogens is 2. The smallest absolute Gasteiger partial charge is 0.356 e. The van der Waals surface area contributed by atoms with Gasteiger partial charge in [0, 0.05) is 31.6 Å². The zero-order valence-electron chi connectivity index (χ0n) is 15.7. The zero-order chi connectivity index (χ0) is 20.1. The number of benzene rings is 1. The monoisotopic (exact) mass is 392 g/mol. The number of hydrogen-bond acceptors (Lipinski definition) is 4. The third-order valence-electron chi connectivity index (χ3n) is 5.03. The van der Waals surface area contributed by atoms with Gasteiger partial charge in [-0.2, -0.15) is 13.2 Å². The van der Waals surface area contributed by atoms with Crippen molar-refractivity contribution in [3.63, 3.8) is 0 Å². The lowest BCUT2D eigenvalue weighted by Gasteiger charge is -2.32. The van der Waals surface area contributed by atoms with E-state index < -0.39 is 11.9 Å². The number of piperidine rings is 1. The van der Waals surface area contributed by atoms with Crippen LogP contribution in [0, 0.1) is 5.92 Å². The van der Waals surface area contributed by atoms with Crippen molar-refractivity contribution in [2.75, 3.05) is 18.0 Å². The van der Waals surface area contributed by atoms with Crippen LogP contribution in [0.15, 0.2) is 36.7 Å². The largest absolute Gasteiger partial charge is 0.433 e. The molecular weight excluding hydrogens is 369 g/mol. The van der Waals surface area contributed by atoms with Crippen LogP contribution < -0.4 is 10.2 Å². The molecule has 0 spiro atoms. The molecule has 1 aliphatic heterocycles. The normalized spacial score (nSPS) is 15.5. The maximum absolute atomic E-state index is 12.8. The number of alkyl halides is 3. The number of nitrogens with zero attached hydrogens (tertiary/aromatic N) is 3. The molecule has 0 atom stereocenters. The van der Waals surface area contributed by atoms with Crippen LogP contribution in [0.1, 0.15) is 36.6 Å². The zero-order valence-corrected chi connectivity index (χ0v) is 15.7. The topological polar surface area (TPSA) is 58.1 Å². The van der Waals surface area contributed by atoms with Crippen molar-refractivity contribution in [2.45, 2.75) is 38.9 Å². The van der Waals surface area contributed by atoms with Crippen molar-refractivity contribution >= 4 is 11.7 Å². The average Bonchev–Trinajstić information content (AvgIpc) is 2.72. The first-order chi connectivity index (χ1) is 13.4. The van der Waals surface area contributed by atoms with E-state index in [1.807, 2.05) is 12.1 Å². The van der Waals surface area contributed by atoms with Gasteiger partial charge in [-0.15, -0.1) is 0 Å². The summed E-state index contributed by atoms with van der Waals surface area (Å²) in [5.74, 6) is 0.0881. The molecular formula is C20H23F3N4O. The van der Waals surface area contributed by atoms with Gasteiger partial charge >= 0.3 is 6.18 Å². The summed E-state index contributed by atoms with van der Waals surface area (Å²) < 4.78 is 38.4. The summed E-state index contributed by atoms with van der Waals surface area (Å²) in [6.45, 7) is 3.54. The van der Waals surface area contributed by atoms with Crippen molar-refractivity contribution < 1.29 is 18.0 Å². The molecule has 0 radical (unpaired) electrons. The van der Waals surface area contributed by atoms with Gasteiger partial charge in [-0.25, -0.2) is 9.97 Å². The van der Waals surface area contributed by atoms with Crippen LogP contribution in [0.5, 0.6) is 0 Å². The molecule has 1 aromatic carbocycles. The third kappa shape index (κ3) is 4.99. The lowest BCUT2D eigenvalue weighted by molar-refractivity contribution is -0.141. The minimum Gasteiger partial charge on any atom is -0.356 e. The van der Waals surface area contributed by atoms with Crippen LogP contribution in [0.4, 0.5) is 19.0 Å². The Balaban J connectivity index is 1.51. The van der Waals surface area contributed by atoms with E-state index in [0.29, 0.717) is 32.5 Å². The van der Waals surface area contributed by atoms with Crippen LogP contribution in [-0.2, 0) is 23.9 Å². The molecule has 0 aliphatic carbocycles. The maximum Gasteiger partial charge on any atom is 0.433 e. The summed E-state index contributed by atoms with van der Waals surface area (Å²) in [6.07, 6.45) is -1.44. The Hall–Kier alpha value is -2.64. The highest BCUT2D eigenvalue weighted by molar-refractivity contribution is 5.79. The predicted molar refractivity (Wildman–Crippen MR) is 99.6 cm³/mol. The molecule has 0 saturated carbocycles. The number of amides is 1. The first-order valence-corrected chi connectivity index (χ1v) is 9.36.